The van der Waals surface area contributed by atoms with Crippen LogP contribution in [0, 0.1) is 0 Å². The second kappa shape index (κ2) is 9.38. The van der Waals surface area contributed by atoms with Gasteiger partial charge in [0.25, 0.3) is 15.9 Å². The Kier molecular flexibility index (Phi) is 6.15. The lowest BCUT2D eigenvalue weighted by molar-refractivity contribution is -0.122. The summed E-state index contributed by atoms with van der Waals surface area (Å²) in [6.45, 7) is 1.98. The molecule has 1 saturated heterocycles. The molecule has 1 atom stereocenters. The van der Waals surface area contributed by atoms with Crippen molar-refractivity contribution >= 4 is 33.0 Å². The second-order valence-electron chi connectivity index (χ2n) is 8.51. The van der Waals surface area contributed by atoms with Gasteiger partial charge in [-0.2, -0.15) is 0 Å². The van der Waals surface area contributed by atoms with Crippen molar-refractivity contribution in [3.8, 4) is 5.75 Å². The van der Waals surface area contributed by atoms with E-state index in [0.717, 1.165) is 18.8 Å². The topological polar surface area (TPSA) is 79.0 Å². The molecule has 3 aromatic rings. The molecule has 0 bridgehead atoms. The Hall–Kier alpha value is -3.52. The van der Waals surface area contributed by atoms with Crippen LogP contribution in [-0.4, -0.2) is 40.1 Å². The monoisotopic (exact) mass is 477 g/mol. The zero-order chi connectivity index (χ0) is 23.5. The smallest absolute Gasteiger partial charge is 0.267 e. The lowest BCUT2D eigenvalue weighted by Gasteiger charge is -2.34. The highest BCUT2D eigenvalue weighted by Gasteiger charge is 2.37. The highest BCUT2D eigenvalue weighted by molar-refractivity contribution is 7.92. The van der Waals surface area contributed by atoms with Crippen LogP contribution in [0.2, 0.25) is 0 Å². The van der Waals surface area contributed by atoms with Crippen molar-refractivity contribution in [1.29, 1.82) is 0 Å². The molecule has 1 amide bonds. The maximum atomic E-state index is 13.4. The Morgan fingerprint density at radius 1 is 0.853 bits per heavy atom. The summed E-state index contributed by atoms with van der Waals surface area (Å²) in [5.41, 5.74) is 2.20. The second-order valence-corrected chi connectivity index (χ2v) is 10.4. The van der Waals surface area contributed by atoms with E-state index in [9.17, 15) is 13.2 Å². The van der Waals surface area contributed by atoms with Crippen molar-refractivity contribution < 1.29 is 17.9 Å². The van der Waals surface area contributed by atoms with Crippen molar-refractivity contribution in [2.75, 3.05) is 34.2 Å². The third-order valence-corrected chi connectivity index (χ3v) is 8.01. The average molecular weight is 478 g/mol. The lowest BCUT2D eigenvalue weighted by Crippen LogP contribution is -2.48. The molecule has 0 saturated carbocycles. The molecule has 2 heterocycles. The number of hydrogen-bond donors (Lipinski definition) is 1. The van der Waals surface area contributed by atoms with E-state index >= 15 is 0 Å². The Balaban J connectivity index is 1.35. The molecule has 0 spiro atoms. The van der Waals surface area contributed by atoms with Crippen LogP contribution in [0.1, 0.15) is 19.3 Å². The van der Waals surface area contributed by atoms with Crippen molar-refractivity contribution in [3.05, 3.63) is 78.9 Å². The predicted molar refractivity (Wildman–Crippen MR) is 133 cm³/mol. The molecule has 0 aromatic heterocycles. The average Bonchev–Trinajstić information content (AvgIpc) is 2.89. The Labute approximate surface area is 200 Å². The summed E-state index contributed by atoms with van der Waals surface area (Å²) in [5, 5.41) is 2.88. The molecule has 2 aliphatic heterocycles. The number of amides is 1. The van der Waals surface area contributed by atoms with Crippen LogP contribution in [0.3, 0.4) is 0 Å². The van der Waals surface area contributed by atoms with Gasteiger partial charge in [0.1, 0.15) is 5.75 Å². The molecular weight excluding hydrogens is 450 g/mol. The number of carbonyl (C=O) groups excluding carboxylic acids is 1. The van der Waals surface area contributed by atoms with Crippen LogP contribution in [0.15, 0.2) is 83.8 Å². The number of anilines is 3. The molecule has 2 aliphatic rings. The minimum atomic E-state index is -3.86. The van der Waals surface area contributed by atoms with E-state index in [2.05, 4.69) is 10.2 Å². The van der Waals surface area contributed by atoms with Gasteiger partial charge in [-0.1, -0.05) is 30.3 Å². The highest BCUT2D eigenvalue weighted by Crippen LogP contribution is 2.37. The van der Waals surface area contributed by atoms with Gasteiger partial charge in [-0.25, -0.2) is 8.42 Å². The number of ether oxygens (including phenoxy) is 1. The van der Waals surface area contributed by atoms with Crippen LogP contribution in [-0.2, 0) is 14.8 Å². The largest absolute Gasteiger partial charge is 0.476 e. The van der Waals surface area contributed by atoms with E-state index in [1.54, 1.807) is 54.6 Å². The van der Waals surface area contributed by atoms with Crippen molar-refractivity contribution in [2.45, 2.75) is 30.3 Å². The number of fused-ring (bicyclic) bond motifs is 1. The standard InChI is InChI=1S/C26H27N3O4S/c30-26(27-20-13-15-21(16-14-20)28-17-7-2-8-18-28)25-19-29(23-11-5-6-12-24(23)33-25)34(31,32)22-9-3-1-4-10-22/h1,3-6,9-16,25H,2,7-8,17-19H2,(H,27,30)/t25-/m1/s1. The summed E-state index contributed by atoms with van der Waals surface area (Å²) < 4.78 is 34.0. The number of piperidine rings is 1. The maximum absolute atomic E-state index is 13.4. The predicted octanol–water partition coefficient (Wildman–Crippen LogP) is 4.27. The van der Waals surface area contributed by atoms with Crippen LogP contribution in [0.4, 0.5) is 17.1 Å². The fraction of sp³-hybridized carbons (Fsp3) is 0.269. The number of rotatable bonds is 5. The Morgan fingerprint density at radius 3 is 2.26 bits per heavy atom. The first-order valence-corrected chi connectivity index (χ1v) is 13.0. The normalized spacial score (nSPS) is 18.1. The number of nitrogens with zero attached hydrogens (tertiary/aromatic N) is 2. The third-order valence-electron chi connectivity index (χ3n) is 6.21. The zero-order valence-corrected chi connectivity index (χ0v) is 19.6. The number of benzene rings is 3. The molecule has 0 aliphatic carbocycles. The lowest BCUT2D eigenvalue weighted by atomic mass is 10.1. The molecule has 0 radical (unpaired) electrons. The van der Waals surface area contributed by atoms with E-state index in [1.165, 1.54) is 23.6 Å². The molecule has 5 rings (SSSR count). The number of nitrogens with one attached hydrogen (secondary N) is 1. The SMILES string of the molecule is O=C(Nc1ccc(N2CCCCC2)cc1)[C@H]1CN(S(=O)(=O)c2ccccc2)c2ccccc2O1. The van der Waals surface area contributed by atoms with Gasteiger partial charge in [0.05, 0.1) is 17.1 Å². The van der Waals surface area contributed by atoms with Crippen molar-refractivity contribution in [3.63, 3.8) is 0 Å². The molecule has 34 heavy (non-hydrogen) atoms. The van der Waals surface area contributed by atoms with E-state index in [1.807, 2.05) is 24.3 Å². The molecule has 8 heteroatoms. The summed E-state index contributed by atoms with van der Waals surface area (Å²) in [4.78, 5) is 15.6. The first kappa shape index (κ1) is 22.3. The quantitative estimate of drug-likeness (QED) is 0.594. The number of hydrogen-bond acceptors (Lipinski definition) is 5. The summed E-state index contributed by atoms with van der Waals surface area (Å²) in [6.07, 6.45) is 2.67. The Morgan fingerprint density at radius 2 is 1.53 bits per heavy atom. The van der Waals surface area contributed by atoms with Crippen LogP contribution < -0.4 is 19.3 Å². The maximum Gasteiger partial charge on any atom is 0.267 e. The van der Waals surface area contributed by atoms with Gasteiger partial charge < -0.3 is 15.0 Å². The molecule has 7 nitrogen and oxygen atoms in total. The fourth-order valence-electron chi connectivity index (χ4n) is 4.42. The van der Waals surface area contributed by atoms with Crippen molar-refractivity contribution in [2.24, 2.45) is 0 Å². The van der Waals surface area contributed by atoms with Crippen molar-refractivity contribution in [1.82, 2.24) is 0 Å². The van der Waals surface area contributed by atoms with Gasteiger partial charge in [0.2, 0.25) is 0 Å². The third kappa shape index (κ3) is 4.46. The summed E-state index contributed by atoms with van der Waals surface area (Å²) in [6, 6.07) is 22.8. The van der Waals surface area contributed by atoms with Gasteiger partial charge in [0, 0.05) is 24.5 Å². The number of para-hydroxylation sites is 2. The van der Waals surface area contributed by atoms with Crippen LogP contribution in [0.25, 0.3) is 0 Å². The number of sulfonamides is 1. The van der Waals surface area contributed by atoms with E-state index in [-0.39, 0.29) is 11.4 Å². The molecule has 0 unspecified atom stereocenters. The summed E-state index contributed by atoms with van der Waals surface area (Å²) in [5.74, 6) is -0.0395. The first-order valence-electron chi connectivity index (χ1n) is 11.5. The van der Waals surface area contributed by atoms with E-state index in [0.29, 0.717) is 17.1 Å². The number of carbonyl (C=O) groups is 1. The minimum absolute atomic E-state index is 0.119. The van der Waals surface area contributed by atoms with Gasteiger partial charge >= 0.3 is 0 Å². The van der Waals surface area contributed by atoms with Gasteiger partial charge in [0.15, 0.2) is 6.10 Å². The zero-order valence-electron chi connectivity index (χ0n) is 18.8. The molecule has 1 N–H and O–H groups in total. The van der Waals surface area contributed by atoms with E-state index < -0.39 is 22.0 Å². The summed E-state index contributed by atoms with van der Waals surface area (Å²) in [7, 11) is -3.86. The first-order chi connectivity index (χ1) is 16.5. The van der Waals surface area contributed by atoms with Crippen LogP contribution in [0.5, 0.6) is 5.75 Å². The van der Waals surface area contributed by atoms with Gasteiger partial charge in [-0.3, -0.25) is 9.10 Å². The molecular formula is C26H27N3O4S. The fourth-order valence-corrected chi connectivity index (χ4v) is 5.91. The highest BCUT2D eigenvalue weighted by atomic mass is 32.2. The van der Waals surface area contributed by atoms with E-state index in [4.69, 9.17) is 4.74 Å². The Bertz CT molecular complexity index is 1260. The van der Waals surface area contributed by atoms with Gasteiger partial charge in [-0.15, -0.1) is 0 Å². The summed E-state index contributed by atoms with van der Waals surface area (Å²) >= 11 is 0. The van der Waals surface area contributed by atoms with Gasteiger partial charge in [-0.05, 0) is 67.8 Å². The molecule has 1 fully saturated rings. The van der Waals surface area contributed by atoms with Crippen LogP contribution >= 0.6 is 0 Å². The molecule has 3 aromatic carbocycles. The molecule has 176 valence electrons. The minimum Gasteiger partial charge on any atom is -0.476 e.